The van der Waals surface area contributed by atoms with E-state index in [4.69, 9.17) is 4.74 Å². The Morgan fingerprint density at radius 3 is 2.62 bits per heavy atom. The van der Waals surface area contributed by atoms with Crippen molar-refractivity contribution in [1.82, 2.24) is 5.32 Å². The van der Waals surface area contributed by atoms with Crippen molar-refractivity contribution in [3.63, 3.8) is 0 Å². The lowest BCUT2D eigenvalue weighted by molar-refractivity contribution is 0.193. The van der Waals surface area contributed by atoms with Crippen LogP contribution in [0.5, 0.6) is 5.75 Å². The number of hydrogen-bond donors (Lipinski definition) is 1. The molecular weight excluding hydrogens is 266 g/mol. The molecule has 1 unspecified atom stereocenters. The maximum Gasteiger partial charge on any atom is 0.119 e. The molecule has 0 aliphatic heterocycles. The molecule has 1 fully saturated rings. The van der Waals surface area contributed by atoms with E-state index in [1.807, 2.05) is 24.3 Å². The zero-order chi connectivity index (χ0) is 11.4. The van der Waals surface area contributed by atoms with E-state index in [1.54, 1.807) is 0 Å². The summed E-state index contributed by atoms with van der Waals surface area (Å²) < 4.78 is 7.00. The largest absolute Gasteiger partial charge is 0.489 e. The fraction of sp³-hybridized carbons (Fsp3) is 0.538. The van der Waals surface area contributed by atoms with E-state index < -0.39 is 0 Å². The summed E-state index contributed by atoms with van der Waals surface area (Å²) in [5.41, 5.74) is 0. The fourth-order valence-electron chi connectivity index (χ4n) is 1.56. The lowest BCUT2D eigenvalue weighted by Gasteiger charge is -2.18. The molecule has 0 spiro atoms. The maximum atomic E-state index is 5.91. The van der Waals surface area contributed by atoms with E-state index in [9.17, 15) is 0 Å². The Morgan fingerprint density at radius 1 is 1.38 bits per heavy atom. The minimum absolute atomic E-state index is 0.279. The standard InChI is InChI=1S/C13H18BrNO/c1-2-12(9-15-11-5-6-11)16-13-7-3-10(14)4-8-13/h3-4,7-8,11-12,15H,2,5-6,9H2,1H3. The van der Waals surface area contributed by atoms with Gasteiger partial charge in [-0.3, -0.25) is 0 Å². The van der Waals surface area contributed by atoms with Crippen molar-refractivity contribution in [2.45, 2.75) is 38.3 Å². The third-order valence-corrected chi connectivity index (χ3v) is 3.31. The van der Waals surface area contributed by atoms with Crippen LogP contribution >= 0.6 is 15.9 Å². The first-order chi connectivity index (χ1) is 7.78. The van der Waals surface area contributed by atoms with Crippen LogP contribution in [0.4, 0.5) is 0 Å². The summed E-state index contributed by atoms with van der Waals surface area (Å²) in [7, 11) is 0. The molecule has 16 heavy (non-hydrogen) atoms. The van der Waals surface area contributed by atoms with Gasteiger partial charge in [0.15, 0.2) is 0 Å². The second kappa shape index (κ2) is 5.69. The van der Waals surface area contributed by atoms with Crippen molar-refractivity contribution in [2.75, 3.05) is 6.54 Å². The van der Waals surface area contributed by atoms with Gasteiger partial charge in [0, 0.05) is 17.1 Å². The Balaban J connectivity index is 1.82. The Bertz CT molecular complexity index is 321. The van der Waals surface area contributed by atoms with Crippen LogP contribution < -0.4 is 10.1 Å². The fourth-order valence-corrected chi connectivity index (χ4v) is 1.82. The van der Waals surface area contributed by atoms with Crippen molar-refractivity contribution in [3.8, 4) is 5.75 Å². The molecule has 1 aliphatic carbocycles. The van der Waals surface area contributed by atoms with E-state index in [0.717, 1.165) is 29.2 Å². The van der Waals surface area contributed by atoms with Gasteiger partial charge in [-0.15, -0.1) is 0 Å². The van der Waals surface area contributed by atoms with E-state index in [1.165, 1.54) is 12.8 Å². The van der Waals surface area contributed by atoms with Crippen molar-refractivity contribution in [2.24, 2.45) is 0 Å². The highest BCUT2D eigenvalue weighted by Gasteiger charge is 2.21. The summed E-state index contributed by atoms with van der Waals surface area (Å²) in [6.45, 7) is 3.12. The molecule has 0 saturated heterocycles. The molecule has 0 aromatic heterocycles. The maximum absolute atomic E-state index is 5.91. The number of nitrogens with one attached hydrogen (secondary N) is 1. The van der Waals surface area contributed by atoms with Crippen LogP contribution in [0.15, 0.2) is 28.7 Å². The summed E-state index contributed by atoms with van der Waals surface area (Å²) in [6.07, 6.45) is 3.97. The Morgan fingerprint density at radius 2 is 2.06 bits per heavy atom. The van der Waals surface area contributed by atoms with Crippen molar-refractivity contribution >= 4 is 15.9 Å². The molecule has 1 atom stereocenters. The molecule has 2 rings (SSSR count). The summed E-state index contributed by atoms with van der Waals surface area (Å²) >= 11 is 3.42. The van der Waals surface area contributed by atoms with Crippen LogP contribution in [-0.2, 0) is 0 Å². The highest BCUT2D eigenvalue weighted by molar-refractivity contribution is 9.10. The molecule has 0 radical (unpaired) electrons. The zero-order valence-corrected chi connectivity index (χ0v) is 11.2. The Hall–Kier alpha value is -0.540. The average molecular weight is 284 g/mol. The van der Waals surface area contributed by atoms with Gasteiger partial charge in [0.05, 0.1) is 0 Å². The third kappa shape index (κ3) is 3.80. The smallest absolute Gasteiger partial charge is 0.119 e. The topological polar surface area (TPSA) is 21.3 Å². The molecule has 0 heterocycles. The molecule has 3 heteroatoms. The van der Waals surface area contributed by atoms with Crippen molar-refractivity contribution in [1.29, 1.82) is 0 Å². The van der Waals surface area contributed by atoms with E-state index >= 15 is 0 Å². The van der Waals surface area contributed by atoms with Gasteiger partial charge in [0.25, 0.3) is 0 Å². The van der Waals surface area contributed by atoms with Gasteiger partial charge in [0.1, 0.15) is 11.9 Å². The van der Waals surface area contributed by atoms with Crippen molar-refractivity contribution < 1.29 is 4.74 Å². The lowest BCUT2D eigenvalue weighted by Crippen LogP contribution is -2.32. The van der Waals surface area contributed by atoms with Gasteiger partial charge in [-0.2, -0.15) is 0 Å². The number of halogens is 1. The highest BCUT2D eigenvalue weighted by Crippen LogP contribution is 2.20. The summed E-state index contributed by atoms with van der Waals surface area (Å²) in [5, 5.41) is 3.50. The van der Waals surface area contributed by atoms with Gasteiger partial charge in [-0.25, -0.2) is 0 Å². The predicted octanol–water partition coefficient (Wildman–Crippen LogP) is 3.36. The quantitative estimate of drug-likeness (QED) is 0.865. The SMILES string of the molecule is CCC(CNC1CC1)Oc1ccc(Br)cc1. The van der Waals surface area contributed by atoms with Gasteiger partial charge < -0.3 is 10.1 Å². The first kappa shape index (κ1) is 11.9. The first-order valence-corrected chi connectivity index (χ1v) is 6.73. The van der Waals surface area contributed by atoms with Gasteiger partial charge in [0.2, 0.25) is 0 Å². The van der Waals surface area contributed by atoms with Crippen LogP contribution in [0.25, 0.3) is 0 Å². The Kier molecular flexibility index (Phi) is 4.24. The van der Waals surface area contributed by atoms with E-state index in [-0.39, 0.29) is 6.10 Å². The van der Waals surface area contributed by atoms with Gasteiger partial charge >= 0.3 is 0 Å². The monoisotopic (exact) mass is 283 g/mol. The molecule has 1 aromatic carbocycles. The highest BCUT2D eigenvalue weighted by atomic mass is 79.9. The summed E-state index contributed by atoms with van der Waals surface area (Å²) in [5.74, 6) is 0.952. The van der Waals surface area contributed by atoms with Gasteiger partial charge in [-0.1, -0.05) is 22.9 Å². The number of rotatable bonds is 6. The second-order valence-corrected chi connectivity index (χ2v) is 5.20. The molecule has 1 N–H and O–H groups in total. The van der Waals surface area contributed by atoms with Crippen LogP contribution in [-0.4, -0.2) is 18.7 Å². The Labute approximate surface area is 106 Å². The van der Waals surface area contributed by atoms with E-state index in [2.05, 4.69) is 28.2 Å². The normalized spacial score (nSPS) is 17.1. The van der Waals surface area contributed by atoms with Crippen LogP contribution in [0.1, 0.15) is 26.2 Å². The predicted molar refractivity (Wildman–Crippen MR) is 69.9 cm³/mol. The number of benzene rings is 1. The number of ether oxygens (including phenoxy) is 1. The zero-order valence-electron chi connectivity index (χ0n) is 9.58. The summed E-state index contributed by atoms with van der Waals surface area (Å²) in [4.78, 5) is 0. The third-order valence-electron chi connectivity index (χ3n) is 2.78. The molecule has 1 aliphatic rings. The molecule has 2 nitrogen and oxygen atoms in total. The first-order valence-electron chi connectivity index (χ1n) is 5.93. The molecule has 0 amide bonds. The average Bonchev–Trinajstić information content (AvgIpc) is 3.11. The van der Waals surface area contributed by atoms with Crippen LogP contribution in [0.3, 0.4) is 0 Å². The molecule has 1 saturated carbocycles. The van der Waals surface area contributed by atoms with E-state index in [0.29, 0.717) is 0 Å². The molecule has 0 bridgehead atoms. The van der Waals surface area contributed by atoms with Crippen molar-refractivity contribution in [3.05, 3.63) is 28.7 Å². The van der Waals surface area contributed by atoms with Crippen LogP contribution in [0.2, 0.25) is 0 Å². The molecular formula is C13H18BrNO. The molecule has 88 valence electrons. The minimum atomic E-state index is 0.279. The van der Waals surface area contributed by atoms with Gasteiger partial charge in [-0.05, 0) is 43.5 Å². The second-order valence-electron chi connectivity index (χ2n) is 4.28. The van der Waals surface area contributed by atoms with Crippen LogP contribution in [0, 0.1) is 0 Å². The molecule has 1 aromatic rings. The minimum Gasteiger partial charge on any atom is -0.489 e. The lowest BCUT2D eigenvalue weighted by atomic mass is 10.2. The number of hydrogen-bond acceptors (Lipinski definition) is 2. The summed E-state index contributed by atoms with van der Waals surface area (Å²) in [6, 6.07) is 8.78.